The van der Waals surface area contributed by atoms with Crippen LogP contribution in [0.25, 0.3) is 0 Å². The van der Waals surface area contributed by atoms with Crippen molar-refractivity contribution in [3.8, 4) is 11.5 Å². The van der Waals surface area contributed by atoms with Crippen LogP contribution in [0, 0.1) is 5.82 Å². The van der Waals surface area contributed by atoms with E-state index in [0.29, 0.717) is 11.6 Å². The second-order valence-corrected chi connectivity index (χ2v) is 6.49. The predicted octanol–water partition coefficient (Wildman–Crippen LogP) is 5.36. The van der Waals surface area contributed by atoms with E-state index < -0.39 is 0 Å². The lowest BCUT2D eigenvalue weighted by atomic mass is 10.1. The Balaban J connectivity index is 1.58. The van der Waals surface area contributed by atoms with Gasteiger partial charge in [0.1, 0.15) is 23.9 Å². The van der Waals surface area contributed by atoms with Crippen molar-refractivity contribution >= 4 is 11.6 Å². The van der Waals surface area contributed by atoms with Gasteiger partial charge >= 0.3 is 0 Å². The molecule has 3 aromatic carbocycles. The molecule has 3 aromatic rings. The third-order valence-corrected chi connectivity index (χ3v) is 4.53. The number of hydrogen-bond acceptors (Lipinski definition) is 3. The molecule has 140 valence electrons. The number of para-hydroxylation sites is 1. The summed E-state index contributed by atoms with van der Waals surface area (Å²) in [5.74, 6) is 1.27. The zero-order valence-corrected chi connectivity index (χ0v) is 15.8. The molecule has 0 aliphatic rings. The minimum atomic E-state index is -0.355. The Labute approximate surface area is 163 Å². The molecule has 3 rings (SSSR count). The number of ether oxygens (including phenoxy) is 2. The van der Waals surface area contributed by atoms with E-state index in [4.69, 9.17) is 21.1 Å². The topological polar surface area (TPSA) is 30.5 Å². The van der Waals surface area contributed by atoms with Gasteiger partial charge in [0.15, 0.2) is 0 Å². The molecule has 0 heterocycles. The van der Waals surface area contributed by atoms with E-state index in [1.165, 1.54) is 17.7 Å². The Bertz CT molecular complexity index is 884. The van der Waals surface area contributed by atoms with Gasteiger partial charge in [0.05, 0.1) is 12.1 Å². The first kappa shape index (κ1) is 19.2. The van der Waals surface area contributed by atoms with Crippen LogP contribution < -0.4 is 14.8 Å². The number of benzene rings is 3. The van der Waals surface area contributed by atoms with Gasteiger partial charge < -0.3 is 14.8 Å². The van der Waals surface area contributed by atoms with Crippen LogP contribution in [0.5, 0.6) is 11.5 Å². The summed E-state index contributed by atoms with van der Waals surface area (Å²) in [6.07, 6.45) is 0. The Morgan fingerprint density at radius 2 is 1.70 bits per heavy atom. The van der Waals surface area contributed by atoms with Gasteiger partial charge in [-0.1, -0.05) is 48.0 Å². The molecular formula is C22H21ClFNO2. The molecule has 0 bridgehead atoms. The van der Waals surface area contributed by atoms with Gasteiger partial charge in [-0.05, 0) is 35.9 Å². The third kappa shape index (κ3) is 5.46. The summed E-state index contributed by atoms with van der Waals surface area (Å²) in [5, 5.41) is 3.78. The molecule has 0 aliphatic carbocycles. The SMILES string of the molecule is COc1ccc(CNCc2ccccc2OCc2ccc(F)cc2Cl)cc1. The van der Waals surface area contributed by atoms with Crippen molar-refractivity contribution in [2.45, 2.75) is 19.7 Å². The molecule has 0 aromatic heterocycles. The van der Waals surface area contributed by atoms with Crippen LogP contribution in [0.3, 0.4) is 0 Å². The summed E-state index contributed by atoms with van der Waals surface area (Å²) < 4.78 is 24.2. The van der Waals surface area contributed by atoms with Gasteiger partial charge in [-0.3, -0.25) is 0 Å². The van der Waals surface area contributed by atoms with Crippen molar-refractivity contribution in [3.05, 3.63) is 94.3 Å². The van der Waals surface area contributed by atoms with E-state index in [9.17, 15) is 4.39 Å². The molecule has 0 radical (unpaired) electrons. The Morgan fingerprint density at radius 1 is 0.926 bits per heavy atom. The van der Waals surface area contributed by atoms with Crippen LogP contribution in [0.4, 0.5) is 4.39 Å². The quantitative estimate of drug-likeness (QED) is 0.566. The van der Waals surface area contributed by atoms with Gasteiger partial charge in [0.2, 0.25) is 0 Å². The molecule has 0 saturated heterocycles. The number of rotatable bonds is 8. The highest BCUT2D eigenvalue weighted by atomic mass is 35.5. The molecule has 1 N–H and O–H groups in total. The maximum absolute atomic E-state index is 13.2. The lowest BCUT2D eigenvalue weighted by Gasteiger charge is -2.13. The van der Waals surface area contributed by atoms with Crippen LogP contribution >= 0.6 is 11.6 Å². The fourth-order valence-electron chi connectivity index (χ4n) is 2.67. The summed E-state index contributed by atoms with van der Waals surface area (Å²) >= 11 is 6.07. The van der Waals surface area contributed by atoms with Gasteiger partial charge in [0, 0.05) is 24.2 Å². The maximum atomic E-state index is 13.2. The molecule has 3 nitrogen and oxygen atoms in total. The second-order valence-electron chi connectivity index (χ2n) is 6.08. The number of halogens is 2. The van der Waals surface area contributed by atoms with E-state index in [-0.39, 0.29) is 12.4 Å². The summed E-state index contributed by atoms with van der Waals surface area (Å²) in [6.45, 7) is 1.69. The summed E-state index contributed by atoms with van der Waals surface area (Å²) in [7, 11) is 1.66. The average molecular weight is 386 g/mol. The highest BCUT2D eigenvalue weighted by molar-refractivity contribution is 6.31. The standard InChI is InChI=1S/C22H21ClFNO2/c1-26-20-10-6-16(7-11-20)13-25-14-17-4-2-3-5-22(17)27-15-18-8-9-19(24)12-21(18)23/h2-12,25H,13-15H2,1H3. The van der Waals surface area contributed by atoms with Crippen LogP contribution in [0.1, 0.15) is 16.7 Å². The first-order valence-corrected chi connectivity index (χ1v) is 9.02. The monoisotopic (exact) mass is 385 g/mol. The average Bonchev–Trinajstić information content (AvgIpc) is 2.69. The molecule has 0 atom stereocenters. The van der Waals surface area contributed by atoms with E-state index in [1.54, 1.807) is 13.2 Å². The summed E-state index contributed by atoms with van der Waals surface area (Å²) in [6, 6.07) is 20.1. The largest absolute Gasteiger partial charge is 0.497 e. The zero-order valence-electron chi connectivity index (χ0n) is 15.0. The minimum Gasteiger partial charge on any atom is -0.497 e. The Morgan fingerprint density at radius 3 is 2.44 bits per heavy atom. The normalized spacial score (nSPS) is 10.6. The van der Waals surface area contributed by atoms with Gasteiger partial charge in [-0.25, -0.2) is 4.39 Å². The van der Waals surface area contributed by atoms with E-state index in [2.05, 4.69) is 5.32 Å². The molecule has 5 heteroatoms. The van der Waals surface area contributed by atoms with Crippen molar-refractivity contribution in [1.29, 1.82) is 0 Å². The second kappa shape index (κ2) is 9.40. The fraction of sp³-hybridized carbons (Fsp3) is 0.182. The van der Waals surface area contributed by atoms with Crippen LogP contribution in [0.15, 0.2) is 66.7 Å². The number of methoxy groups -OCH3 is 1. The molecule has 0 unspecified atom stereocenters. The number of hydrogen-bond donors (Lipinski definition) is 1. The van der Waals surface area contributed by atoms with Crippen molar-refractivity contribution in [2.24, 2.45) is 0 Å². The Kier molecular flexibility index (Phi) is 6.69. The Hall–Kier alpha value is -2.56. The fourth-order valence-corrected chi connectivity index (χ4v) is 2.89. The molecule has 0 saturated carbocycles. The molecule has 0 spiro atoms. The lowest BCUT2D eigenvalue weighted by molar-refractivity contribution is 0.302. The summed E-state index contributed by atoms with van der Waals surface area (Å²) in [4.78, 5) is 0. The van der Waals surface area contributed by atoms with Gasteiger partial charge in [-0.2, -0.15) is 0 Å². The highest BCUT2D eigenvalue weighted by Gasteiger charge is 2.06. The van der Waals surface area contributed by atoms with Crippen LogP contribution in [-0.4, -0.2) is 7.11 Å². The molecule has 0 aliphatic heterocycles. The lowest BCUT2D eigenvalue weighted by Crippen LogP contribution is -2.13. The molecule has 0 fully saturated rings. The first-order chi connectivity index (χ1) is 13.2. The van der Waals surface area contributed by atoms with Crippen LogP contribution in [0.2, 0.25) is 5.02 Å². The molecular weight excluding hydrogens is 365 g/mol. The smallest absolute Gasteiger partial charge is 0.124 e. The molecule has 27 heavy (non-hydrogen) atoms. The van der Waals surface area contributed by atoms with Crippen molar-refractivity contribution in [1.82, 2.24) is 5.32 Å². The third-order valence-electron chi connectivity index (χ3n) is 4.17. The summed E-state index contributed by atoms with van der Waals surface area (Å²) in [5.41, 5.74) is 2.97. The van der Waals surface area contributed by atoms with E-state index >= 15 is 0 Å². The van der Waals surface area contributed by atoms with E-state index in [0.717, 1.165) is 29.2 Å². The predicted molar refractivity (Wildman–Crippen MR) is 106 cm³/mol. The van der Waals surface area contributed by atoms with Crippen molar-refractivity contribution in [3.63, 3.8) is 0 Å². The minimum absolute atomic E-state index is 0.286. The first-order valence-electron chi connectivity index (χ1n) is 8.64. The molecule has 0 amide bonds. The van der Waals surface area contributed by atoms with Gasteiger partial charge in [-0.15, -0.1) is 0 Å². The highest BCUT2D eigenvalue weighted by Crippen LogP contribution is 2.23. The maximum Gasteiger partial charge on any atom is 0.124 e. The van der Waals surface area contributed by atoms with Crippen molar-refractivity contribution in [2.75, 3.05) is 7.11 Å². The number of nitrogens with one attached hydrogen (secondary N) is 1. The van der Waals surface area contributed by atoms with E-state index in [1.807, 2.05) is 48.5 Å². The zero-order chi connectivity index (χ0) is 19.1. The van der Waals surface area contributed by atoms with Crippen LogP contribution in [-0.2, 0) is 19.7 Å². The van der Waals surface area contributed by atoms with Gasteiger partial charge in [0.25, 0.3) is 0 Å². The van der Waals surface area contributed by atoms with Crippen molar-refractivity contribution < 1.29 is 13.9 Å².